The van der Waals surface area contributed by atoms with E-state index in [1.54, 1.807) is 5.38 Å². The number of sulfonamides is 1. The Morgan fingerprint density at radius 3 is 2.86 bits per heavy atom. The molecule has 0 aliphatic carbocycles. The van der Waals surface area contributed by atoms with Gasteiger partial charge in [0.2, 0.25) is 5.03 Å². The fraction of sp³-hybridized carbons (Fsp3) is 0. The molecule has 0 aliphatic heterocycles. The van der Waals surface area contributed by atoms with Crippen molar-refractivity contribution in [1.82, 2.24) is 9.38 Å². The third-order valence-electron chi connectivity index (χ3n) is 2.67. The summed E-state index contributed by atoms with van der Waals surface area (Å²) >= 11 is 1.20. The molecule has 0 unspecified atom stereocenters. The van der Waals surface area contributed by atoms with E-state index in [0.29, 0.717) is 4.96 Å². The molecule has 3 N–H and O–H groups in total. The zero-order chi connectivity index (χ0) is 15.2. The first kappa shape index (κ1) is 13.8. The molecule has 2 heterocycles. The topological polar surface area (TPSA) is 89.5 Å². The van der Waals surface area contributed by atoms with Crippen LogP contribution in [-0.4, -0.2) is 17.8 Å². The van der Waals surface area contributed by atoms with Gasteiger partial charge in [0.15, 0.2) is 10.8 Å². The van der Waals surface area contributed by atoms with Gasteiger partial charge in [0.1, 0.15) is 11.6 Å². The highest BCUT2D eigenvalue weighted by atomic mass is 32.2. The van der Waals surface area contributed by atoms with Crippen LogP contribution in [0.5, 0.6) is 0 Å². The number of nitrogen functional groups attached to an aromatic ring is 1. The Hall–Kier alpha value is -2.20. The number of fused-ring (bicyclic) bond motifs is 1. The molecule has 0 fully saturated rings. The number of anilines is 2. The lowest BCUT2D eigenvalue weighted by molar-refractivity contribution is 0.591. The van der Waals surface area contributed by atoms with Crippen molar-refractivity contribution >= 4 is 37.8 Å². The second kappa shape index (κ2) is 4.67. The first-order valence-electron chi connectivity index (χ1n) is 5.57. The molecule has 0 atom stereocenters. The van der Waals surface area contributed by atoms with Crippen LogP contribution in [0.3, 0.4) is 0 Å². The summed E-state index contributed by atoms with van der Waals surface area (Å²) in [5.74, 6) is -1.88. The predicted octanol–water partition coefficient (Wildman–Crippen LogP) is 2.06. The molecular formula is C11H8F2N4O2S2. The van der Waals surface area contributed by atoms with E-state index in [9.17, 15) is 17.2 Å². The number of aromatic nitrogens is 2. The molecule has 3 aromatic rings. The second-order valence-corrected chi connectivity index (χ2v) is 6.56. The molecule has 0 aliphatic rings. The van der Waals surface area contributed by atoms with Gasteiger partial charge in [-0.2, -0.15) is 8.42 Å². The van der Waals surface area contributed by atoms with Gasteiger partial charge in [-0.1, -0.05) is 0 Å². The zero-order valence-electron chi connectivity index (χ0n) is 10.2. The standard InChI is InChI=1S/C11H8F2N4O2S2/c12-6-1-2-7(13)8(5-6)16-21(18,19)10-9(14)15-11-17(10)3-4-20-11/h1-5,16H,14H2. The van der Waals surface area contributed by atoms with E-state index in [0.717, 1.165) is 18.2 Å². The van der Waals surface area contributed by atoms with Crippen molar-refractivity contribution in [3.8, 4) is 0 Å². The normalized spacial score (nSPS) is 11.9. The Morgan fingerprint density at radius 2 is 2.10 bits per heavy atom. The molecule has 0 amide bonds. The van der Waals surface area contributed by atoms with Gasteiger partial charge >= 0.3 is 0 Å². The van der Waals surface area contributed by atoms with Crippen molar-refractivity contribution in [1.29, 1.82) is 0 Å². The van der Waals surface area contributed by atoms with Gasteiger partial charge in [-0.05, 0) is 12.1 Å². The van der Waals surface area contributed by atoms with E-state index in [4.69, 9.17) is 5.73 Å². The number of halogens is 2. The van der Waals surface area contributed by atoms with Gasteiger partial charge in [-0.15, -0.1) is 11.3 Å². The monoisotopic (exact) mass is 330 g/mol. The summed E-state index contributed by atoms with van der Waals surface area (Å²) in [7, 11) is -4.21. The highest BCUT2D eigenvalue weighted by Crippen LogP contribution is 2.26. The fourth-order valence-electron chi connectivity index (χ4n) is 1.82. The lowest BCUT2D eigenvalue weighted by Crippen LogP contribution is -2.17. The molecule has 0 saturated carbocycles. The van der Waals surface area contributed by atoms with Crippen molar-refractivity contribution in [3.63, 3.8) is 0 Å². The van der Waals surface area contributed by atoms with E-state index in [1.165, 1.54) is 21.9 Å². The molecule has 3 rings (SSSR count). The van der Waals surface area contributed by atoms with Crippen molar-refractivity contribution in [2.45, 2.75) is 5.03 Å². The lowest BCUT2D eigenvalue weighted by atomic mass is 10.3. The minimum absolute atomic E-state index is 0.217. The molecule has 2 aromatic heterocycles. The summed E-state index contributed by atoms with van der Waals surface area (Å²) in [6, 6.07) is 2.46. The molecule has 0 radical (unpaired) electrons. The summed E-state index contributed by atoms with van der Waals surface area (Å²) in [5.41, 5.74) is 5.09. The molecule has 21 heavy (non-hydrogen) atoms. The fourth-order valence-corrected chi connectivity index (χ4v) is 3.87. The summed E-state index contributed by atoms with van der Waals surface area (Å²) in [4.78, 5) is 4.28. The highest BCUT2D eigenvalue weighted by Gasteiger charge is 2.25. The molecule has 0 saturated heterocycles. The van der Waals surface area contributed by atoms with Crippen molar-refractivity contribution in [3.05, 3.63) is 41.4 Å². The minimum Gasteiger partial charge on any atom is -0.381 e. The molecule has 110 valence electrons. The number of imidazole rings is 1. The quantitative estimate of drug-likeness (QED) is 0.769. The predicted molar refractivity (Wildman–Crippen MR) is 74.6 cm³/mol. The van der Waals surface area contributed by atoms with Gasteiger partial charge in [0, 0.05) is 17.6 Å². The number of nitrogens with one attached hydrogen (secondary N) is 1. The lowest BCUT2D eigenvalue weighted by Gasteiger charge is -2.08. The van der Waals surface area contributed by atoms with E-state index in [2.05, 4.69) is 4.98 Å². The third kappa shape index (κ3) is 2.32. The summed E-state index contributed by atoms with van der Waals surface area (Å²) in [6.07, 6.45) is 1.47. The van der Waals surface area contributed by atoms with Crippen LogP contribution >= 0.6 is 11.3 Å². The maximum atomic E-state index is 13.6. The average Bonchev–Trinajstić information content (AvgIpc) is 2.92. The molecule has 0 bridgehead atoms. The Labute approximate surface area is 121 Å². The first-order valence-corrected chi connectivity index (χ1v) is 7.93. The van der Waals surface area contributed by atoms with Crippen LogP contribution in [0.1, 0.15) is 0 Å². The smallest absolute Gasteiger partial charge is 0.281 e. The van der Waals surface area contributed by atoms with Crippen molar-refractivity contribution < 1.29 is 17.2 Å². The summed E-state index contributed by atoms with van der Waals surface area (Å²) in [5, 5.41) is 1.31. The average molecular weight is 330 g/mol. The van der Waals surface area contributed by atoms with E-state index in [-0.39, 0.29) is 10.8 Å². The minimum atomic E-state index is -4.21. The van der Waals surface area contributed by atoms with Crippen LogP contribution in [0.2, 0.25) is 0 Å². The van der Waals surface area contributed by atoms with Gasteiger partial charge in [0.05, 0.1) is 5.69 Å². The van der Waals surface area contributed by atoms with E-state index in [1.807, 2.05) is 4.72 Å². The highest BCUT2D eigenvalue weighted by molar-refractivity contribution is 7.92. The second-order valence-electron chi connectivity index (χ2n) is 4.09. The van der Waals surface area contributed by atoms with Crippen LogP contribution in [-0.2, 0) is 10.0 Å². The number of thiazole rings is 1. The maximum absolute atomic E-state index is 13.6. The maximum Gasteiger partial charge on any atom is 0.281 e. The van der Waals surface area contributed by atoms with E-state index >= 15 is 0 Å². The third-order valence-corrected chi connectivity index (χ3v) is 4.83. The Kier molecular flexibility index (Phi) is 3.06. The molecule has 1 aromatic carbocycles. The van der Waals surface area contributed by atoms with Crippen LogP contribution in [0, 0.1) is 11.6 Å². The molecule has 6 nitrogen and oxygen atoms in total. The number of rotatable bonds is 3. The number of nitrogens with two attached hydrogens (primary N) is 1. The zero-order valence-corrected chi connectivity index (χ0v) is 11.9. The molecular weight excluding hydrogens is 322 g/mol. The van der Waals surface area contributed by atoms with E-state index < -0.39 is 27.3 Å². The number of hydrogen-bond donors (Lipinski definition) is 2. The summed E-state index contributed by atoms with van der Waals surface area (Å²) in [6.45, 7) is 0. The number of benzene rings is 1. The Bertz CT molecular complexity index is 933. The van der Waals surface area contributed by atoms with Crippen LogP contribution in [0.15, 0.2) is 34.8 Å². The van der Waals surface area contributed by atoms with Crippen molar-refractivity contribution in [2.75, 3.05) is 10.5 Å². The van der Waals surface area contributed by atoms with Crippen LogP contribution < -0.4 is 10.5 Å². The molecule has 10 heteroatoms. The first-order chi connectivity index (χ1) is 9.88. The Morgan fingerprint density at radius 1 is 1.33 bits per heavy atom. The molecule has 0 spiro atoms. The SMILES string of the molecule is Nc1nc2sccn2c1S(=O)(=O)Nc1cc(F)ccc1F. The summed E-state index contributed by atoms with van der Waals surface area (Å²) < 4.78 is 54.5. The van der Waals surface area contributed by atoms with Gasteiger partial charge in [-0.25, -0.2) is 13.8 Å². The van der Waals surface area contributed by atoms with Gasteiger partial charge in [-0.3, -0.25) is 9.12 Å². The Balaban J connectivity index is 2.10. The number of hydrogen-bond acceptors (Lipinski definition) is 5. The van der Waals surface area contributed by atoms with Crippen LogP contribution in [0.25, 0.3) is 4.96 Å². The van der Waals surface area contributed by atoms with Crippen LogP contribution in [0.4, 0.5) is 20.3 Å². The van der Waals surface area contributed by atoms with Gasteiger partial charge < -0.3 is 5.73 Å². The van der Waals surface area contributed by atoms with Crippen molar-refractivity contribution in [2.24, 2.45) is 0 Å². The number of nitrogens with zero attached hydrogens (tertiary/aromatic N) is 2. The van der Waals surface area contributed by atoms with Gasteiger partial charge in [0.25, 0.3) is 10.0 Å². The largest absolute Gasteiger partial charge is 0.381 e.